The molecule has 0 aromatic heterocycles. The maximum absolute atomic E-state index is 13.1. The molecule has 0 unspecified atom stereocenters. The number of amides is 2. The Kier molecular flexibility index (Phi) is 5.86. The number of anilines is 1. The average molecular weight is 480 g/mol. The largest absolute Gasteiger partial charge is 0.379 e. The number of piperazine rings is 1. The minimum absolute atomic E-state index is 0.00822. The molecule has 4 aliphatic rings. The fourth-order valence-electron chi connectivity index (χ4n) is 4.26. The second kappa shape index (κ2) is 8.65. The number of carbonyl (C=O) groups is 2. The lowest BCUT2D eigenvalue weighted by atomic mass is 10.1. The molecule has 0 radical (unpaired) electrons. The maximum Gasteiger partial charge on any atom is 0.257 e. The highest BCUT2D eigenvalue weighted by Gasteiger charge is 2.34. The zero-order chi connectivity index (χ0) is 22.3. The van der Waals surface area contributed by atoms with E-state index in [0.29, 0.717) is 63.2 Å². The third-order valence-electron chi connectivity index (χ3n) is 6.10. The van der Waals surface area contributed by atoms with E-state index >= 15 is 0 Å². The highest BCUT2D eigenvalue weighted by atomic mass is 32.2. The third kappa shape index (κ3) is 4.36. The molecule has 2 fully saturated rings. The van der Waals surface area contributed by atoms with E-state index in [1.807, 2.05) is 21.9 Å². The molecule has 4 heterocycles. The molecule has 10 nitrogen and oxygen atoms in total. The molecular formula is C20H25N5O5S2. The van der Waals surface area contributed by atoms with Crippen LogP contribution >= 0.6 is 11.8 Å². The Morgan fingerprint density at radius 2 is 1.72 bits per heavy atom. The highest BCUT2D eigenvalue weighted by molar-refractivity contribution is 8.15. The molecule has 4 aliphatic heterocycles. The topological polar surface area (TPSA) is 103 Å². The number of hydrogen-bond acceptors (Lipinski definition) is 8. The number of ether oxygens (including phenoxy) is 1. The summed E-state index contributed by atoms with van der Waals surface area (Å²) in [7, 11) is -3.41. The number of hydrogen-bond donors (Lipinski definition) is 0. The summed E-state index contributed by atoms with van der Waals surface area (Å²) in [4.78, 5) is 34.1. The van der Waals surface area contributed by atoms with Gasteiger partial charge in [-0.25, -0.2) is 8.42 Å². The molecule has 32 heavy (non-hydrogen) atoms. The van der Waals surface area contributed by atoms with Crippen molar-refractivity contribution in [3.8, 4) is 0 Å². The fraction of sp³-hybridized carbons (Fsp3) is 0.550. The van der Waals surface area contributed by atoms with Crippen molar-refractivity contribution in [2.75, 3.05) is 76.2 Å². The van der Waals surface area contributed by atoms with Gasteiger partial charge in [0.15, 0.2) is 5.17 Å². The Bertz CT molecular complexity index is 1060. The molecule has 2 amide bonds. The summed E-state index contributed by atoms with van der Waals surface area (Å²) in [5.41, 5.74) is 1.45. The van der Waals surface area contributed by atoms with E-state index in [-0.39, 0.29) is 17.6 Å². The van der Waals surface area contributed by atoms with Crippen molar-refractivity contribution < 1.29 is 22.7 Å². The van der Waals surface area contributed by atoms with Crippen LogP contribution in [0, 0.1) is 0 Å². The smallest absolute Gasteiger partial charge is 0.257 e. The standard InChI is InChI=1S/C20H25N5O5S2/c26-18(14-22-7-10-30-11-8-22)23-3-5-24(6-4-23)19(27)15-1-2-16-17(13-15)31-20-21-32(28,29)12-9-25(16)20/h1-2,13H,3-12,14H2. The number of amidine groups is 1. The zero-order valence-electron chi connectivity index (χ0n) is 17.6. The monoisotopic (exact) mass is 479 g/mol. The molecule has 2 saturated heterocycles. The summed E-state index contributed by atoms with van der Waals surface area (Å²) < 4.78 is 32.8. The summed E-state index contributed by atoms with van der Waals surface area (Å²) in [6, 6.07) is 5.45. The van der Waals surface area contributed by atoms with Crippen LogP contribution in [0.25, 0.3) is 0 Å². The minimum Gasteiger partial charge on any atom is -0.379 e. The first-order chi connectivity index (χ1) is 15.4. The van der Waals surface area contributed by atoms with Crippen LogP contribution in [0.1, 0.15) is 10.4 Å². The number of carbonyl (C=O) groups excluding carboxylic acids is 2. The first-order valence-electron chi connectivity index (χ1n) is 10.7. The van der Waals surface area contributed by atoms with Crippen LogP contribution in [0.3, 0.4) is 0 Å². The fourth-order valence-corrected chi connectivity index (χ4v) is 6.55. The first kappa shape index (κ1) is 21.7. The Morgan fingerprint density at radius 3 is 2.47 bits per heavy atom. The van der Waals surface area contributed by atoms with Crippen LogP contribution in [0.4, 0.5) is 5.69 Å². The number of nitrogens with zero attached hydrogens (tertiary/aromatic N) is 5. The highest BCUT2D eigenvalue weighted by Crippen LogP contribution is 2.42. The van der Waals surface area contributed by atoms with E-state index in [4.69, 9.17) is 4.74 Å². The predicted molar refractivity (Wildman–Crippen MR) is 121 cm³/mol. The SMILES string of the molecule is O=C(CN1CCOCC1)N1CCN(C(=O)c2ccc3c(c2)SC2=NS(=O)(=O)CCN23)CC1. The second-order valence-electron chi connectivity index (χ2n) is 8.16. The van der Waals surface area contributed by atoms with Crippen LogP contribution in [0.5, 0.6) is 0 Å². The van der Waals surface area contributed by atoms with E-state index in [2.05, 4.69) is 9.30 Å². The molecule has 0 N–H and O–H groups in total. The van der Waals surface area contributed by atoms with Gasteiger partial charge in [-0.05, 0) is 30.0 Å². The summed E-state index contributed by atoms with van der Waals surface area (Å²) in [5, 5.41) is 0.447. The van der Waals surface area contributed by atoms with E-state index in [1.54, 1.807) is 11.0 Å². The Morgan fingerprint density at radius 1 is 1.00 bits per heavy atom. The van der Waals surface area contributed by atoms with Gasteiger partial charge in [-0.15, -0.1) is 4.40 Å². The number of benzene rings is 1. The molecule has 12 heteroatoms. The molecule has 5 rings (SSSR count). The van der Waals surface area contributed by atoms with Gasteiger partial charge < -0.3 is 19.4 Å². The summed E-state index contributed by atoms with van der Waals surface area (Å²) >= 11 is 1.28. The molecule has 0 bridgehead atoms. The average Bonchev–Trinajstić information content (AvgIpc) is 3.14. The van der Waals surface area contributed by atoms with E-state index in [0.717, 1.165) is 23.7 Å². The Balaban J connectivity index is 1.20. The van der Waals surface area contributed by atoms with Gasteiger partial charge in [-0.3, -0.25) is 14.5 Å². The van der Waals surface area contributed by atoms with Gasteiger partial charge in [-0.1, -0.05) is 0 Å². The van der Waals surface area contributed by atoms with Crippen molar-refractivity contribution >= 4 is 44.5 Å². The summed E-state index contributed by atoms with van der Waals surface area (Å²) in [5.74, 6) is 0.0135. The Hall–Kier alpha value is -2.15. The van der Waals surface area contributed by atoms with Crippen LogP contribution in [0.15, 0.2) is 27.5 Å². The molecule has 1 aromatic rings. The number of rotatable bonds is 3. The van der Waals surface area contributed by atoms with Crippen molar-refractivity contribution in [1.29, 1.82) is 0 Å². The van der Waals surface area contributed by atoms with Gasteiger partial charge in [0, 0.05) is 56.3 Å². The lowest BCUT2D eigenvalue weighted by molar-refractivity contribution is -0.134. The first-order valence-corrected chi connectivity index (χ1v) is 13.1. The summed E-state index contributed by atoms with van der Waals surface area (Å²) in [6.45, 7) is 5.68. The second-order valence-corrected chi connectivity index (χ2v) is 10.9. The van der Waals surface area contributed by atoms with Gasteiger partial charge in [0.25, 0.3) is 15.9 Å². The lowest BCUT2D eigenvalue weighted by Gasteiger charge is -2.36. The van der Waals surface area contributed by atoms with Crippen LogP contribution < -0.4 is 4.90 Å². The maximum atomic E-state index is 13.1. The van der Waals surface area contributed by atoms with Gasteiger partial charge >= 0.3 is 0 Å². The number of sulfonamides is 1. The predicted octanol–water partition coefficient (Wildman–Crippen LogP) is -0.0853. The molecule has 172 valence electrons. The van der Waals surface area contributed by atoms with Crippen molar-refractivity contribution in [2.24, 2.45) is 4.40 Å². The van der Waals surface area contributed by atoms with Crippen molar-refractivity contribution in [3.63, 3.8) is 0 Å². The molecule has 0 spiro atoms. The Labute approximate surface area is 191 Å². The number of morpholine rings is 1. The van der Waals surface area contributed by atoms with Gasteiger partial charge in [-0.2, -0.15) is 0 Å². The molecule has 1 aromatic carbocycles. The van der Waals surface area contributed by atoms with E-state index in [9.17, 15) is 18.0 Å². The quantitative estimate of drug-likeness (QED) is 0.593. The summed E-state index contributed by atoms with van der Waals surface area (Å²) in [6.07, 6.45) is 0. The molecular weight excluding hydrogens is 454 g/mol. The van der Waals surface area contributed by atoms with Crippen molar-refractivity contribution in [2.45, 2.75) is 4.90 Å². The third-order valence-corrected chi connectivity index (χ3v) is 8.41. The van der Waals surface area contributed by atoms with Crippen LogP contribution in [-0.4, -0.2) is 111 Å². The van der Waals surface area contributed by atoms with E-state index < -0.39 is 10.0 Å². The lowest BCUT2D eigenvalue weighted by Crippen LogP contribution is -2.53. The zero-order valence-corrected chi connectivity index (χ0v) is 19.2. The van der Waals surface area contributed by atoms with Crippen LogP contribution in [-0.2, 0) is 19.6 Å². The van der Waals surface area contributed by atoms with Crippen molar-refractivity contribution in [1.82, 2.24) is 14.7 Å². The minimum atomic E-state index is -3.41. The molecule has 0 saturated carbocycles. The van der Waals surface area contributed by atoms with Crippen molar-refractivity contribution in [3.05, 3.63) is 23.8 Å². The van der Waals surface area contributed by atoms with Gasteiger partial charge in [0.05, 0.1) is 31.2 Å². The normalized spacial score (nSPS) is 22.9. The molecule has 0 atom stereocenters. The number of thioether (sulfide) groups is 1. The van der Waals surface area contributed by atoms with Crippen LogP contribution in [0.2, 0.25) is 0 Å². The molecule has 0 aliphatic carbocycles. The van der Waals surface area contributed by atoms with Gasteiger partial charge in [0.1, 0.15) is 0 Å². The van der Waals surface area contributed by atoms with Gasteiger partial charge in [0.2, 0.25) is 5.91 Å². The number of fused-ring (bicyclic) bond motifs is 3. The van der Waals surface area contributed by atoms with E-state index in [1.165, 1.54) is 11.8 Å².